The van der Waals surface area contributed by atoms with Gasteiger partial charge in [-0.1, -0.05) is 237 Å². The minimum absolute atomic E-state index is 0.0748. The van der Waals surface area contributed by atoms with Gasteiger partial charge in [0.1, 0.15) is 13.2 Å². The number of hydrogen-bond acceptors (Lipinski definition) is 5. The second-order valence-electron chi connectivity index (χ2n) is 20.0. The fourth-order valence-corrected chi connectivity index (χ4v) is 8.87. The first-order chi connectivity index (χ1) is 30.5. The number of phosphoric ester groups is 1. The third-order valence-electron chi connectivity index (χ3n) is 12.5. The molecule has 0 aliphatic rings. The van der Waals surface area contributed by atoms with Crippen LogP contribution in [0.3, 0.4) is 0 Å². The van der Waals surface area contributed by atoms with Crippen LogP contribution in [-0.2, 0) is 18.4 Å². The summed E-state index contributed by atoms with van der Waals surface area (Å²) in [5.41, 5.74) is 0. The van der Waals surface area contributed by atoms with Crippen molar-refractivity contribution in [3.8, 4) is 0 Å². The molecule has 0 aliphatic carbocycles. The summed E-state index contributed by atoms with van der Waals surface area (Å²) in [5, 5.41) is 14.0. The Bertz CT molecular complexity index is 1080. The van der Waals surface area contributed by atoms with Crippen molar-refractivity contribution in [1.82, 2.24) is 5.32 Å². The summed E-state index contributed by atoms with van der Waals surface area (Å²) in [7, 11) is 1.62. The van der Waals surface area contributed by atoms with Crippen LogP contribution in [0.5, 0.6) is 0 Å². The van der Waals surface area contributed by atoms with Crippen molar-refractivity contribution in [2.24, 2.45) is 0 Å². The van der Waals surface area contributed by atoms with E-state index in [0.717, 1.165) is 44.9 Å². The van der Waals surface area contributed by atoms with Crippen molar-refractivity contribution in [3.05, 3.63) is 24.3 Å². The van der Waals surface area contributed by atoms with Crippen LogP contribution in [0, 0.1) is 0 Å². The number of nitrogens with one attached hydrogen (secondary N) is 1. The monoisotopic (exact) mass is 912 g/mol. The highest BCUT2D eigenvalue weighted by Gasteiger charge is 2.28. The van der Waals surface area contributed by atoms with Gasteiger partial charge in [0.05, 0.1) is 39.9 Å². The van der Waals surface area contributed by atoms with Crippen LogP contribution < -0.4 is 5.32 Å². The second-order valence-corrected chi connectivity index (χ2v) is 21.4. The van der Waals surface area contributed by atoms with Crippen LogP contribution in [-0.4, -0.2) is 73.4 Å². The van der Waals surface area contributed by atoms with Gasteiger partial charge < -0.3 is 19.8 Å². The molecule has 0 heterocycles. The molecule has 3 unspecified atom stereocenters. The minimum atomic E-state index is -4.32. The zero-order valence-electron chi connectivity index (χ0n) is 42.6. The molecule has 0 fully saturated rings. The molecule has 3 N–H and O–H groups in total. The van der Waals surface area contributed by atoms with Gasteiger partial charge in [0.25, 0.3) is 0 Å². The number of likely N-dealkylation sites (N-methyl/N-ethyl adjacent to an activating group) is 1. The molecule has 0 radical (unpaired) electrons. The van der Waals surface area contributed by atoms with Gasteiger partial charge in [-0.05, 0) is 44.9 Å². The summed E-state index contributed by atoms with van der Waals surface area (Å²) >= 11 is 0. The van der Waals surface area contributed by atoms with Crippen molar-refractivity contribution in [2.75, 3.05) is 40.9 Å². The van der Waals surface area contributed by atoms with Crippen LogP contribution in [0.1, 0.15) is 264 Å². The average molecular weight is 912 g/mol. The van der Waals surface area contributed by atoms with Gasteiger partial charge in [-0.3, -0.25) is 13.8 Å². The Kier molecular flexibility index (Phi) is 45.4. The molecular formula is C54H108N2O6P+. The van der Waals surface area contributed by atoms with E-state index in [-0.39, 0.29) is 19.1 Å². The van der Waals surface area contributed by atoms with Gasteiger partial charge >= 0.3 is 7.82 Å². The Morgan fingerprint density at radius 3 is 1.30 bits per heavy atom. The molecule has 63 heavy (non-hydrogen) atoms. The van der Waals surface area contributed by atoms with Gasteiger partial charge in [0.2, 0.25) is 5.91 Å². The molecule has 8 nitrogen and oxygen atoms in total. The number of amides is 1. The topological polar surface area (TPSA) is 105 Å². The SMILES string of the molecule is CCCCCCCCCCC/C=C\C/C=C\CCCCCCCCCCCC(=O)NC(COP(=O)(O)OCC[N+](C)(C)C)C(O)CCCCCCCCCCCCCCCCCC. The lowest BCUT2D eigenvalue weighted by Gasteiger charge is -2.26. The molecule has 9 heteroatoms. The number of nitrogens with zero attached hydrogens (tertiary/aromatic N) is 1. The molecule has 0 aromatic heterocycles. The number of allylic oxidation sites excluding steroid dienone is 4. The summed E-state index contributed by atoms with van der Waals surface area (Å²) in [4.78, 5) is 23.3. The molecule has 0 aromatic carbocycles. The Labute approximate surface area is 392 Å². The first kappa shape index (κ1) is 62.0. The van der Waals surface area contributed by atoms with Crippen LogP contribution in [0.15, 0.2) is 24.3 Å². The fourth-order valence-electron chi connectivity index (χ4n) is 8.14. The van der Waals surface area contributed by atoms with Crippen LogP contribution >= 0.6 is 7.82 Å². The highest BCUT2D eigenvalue weighted by molar-refractivity contribution is 7.47. The Morgan fingerprint density at radius 1 is 0.540 bits per heavy atom. The number of phosphoric acid groups is 1. The molecule has 0 aromatic rings. The zero-order valence-corrected chi connectivity index (χ0v) is 43.5. The molecule has 3 atom stereocenters. The Morgan fingerprint density at radius 2 is 0.905 bits per heavy atom. The lowest BCUT2D eigenvalue weighted by atomic mass is 10.0. The number of aliphatic hydroxyl groups excluding tert-OH is 1. The number of aliphatic hydroxyl groups is 1. The van der Waals surface area contributed by atoms with Crippen molar-refractivity contribution in [3.63, 3.8) is 0 Å². The molecular weight excluding hydrogens is 804 g/mol. The van der Waals surface area contributed by atoms with E-state index in [0.29, 0.717) is 23.9 Å². The maximum absolute atomic E-state index is 13.0. The smallest absolute Gasteiger partial charge is 0.391 e. The standard InChI is InChI=1S/C54H107N2O6P/c1-6-8-10-12-14-16-18-20-22-24-25-26-27-28-29-30-31-32-34-36-38-40-42-44-46-48-54(58)55-52(51-62-63(59,60)61-50-49-56(3,4)5)53(57)47-45-43-41-39-37-35-33-23-21-19-17-15-13-11-9-7-2/h25-26,28-29,52-53,57H,6-24,27,30-51H2,1-5H3,(H-,55,58,59,60)/p+1/b26-25-,29-28-. The number of unbranched alkanes of at least 4 members (excludes halogenated alkanes) is 33. The van der Waals surface area contributed by atoms with E-state index in [1.54, 1.807) is 0 Å². The van der Waals surface area contributed by atoms with Crippen molar-refractivity contribution < 1.29 is 32.9 Å². The highest BCUT2D eigenvalue weighted by Crippen LogP contribution is 2.43. The molecule has 0 saturated carbocycles. The first-order valence-electron chi connectivity index (χ1n) is 27.2. The number of quaternary nitrogens is 1. The Balaban J connectivity index is 4.19. The van der Waals surface area contributed by atoms with Crippen molar-refractivity contribution in [1.29, 1.82) is 0 Å². The third-order valence-corrected chi connectivity index (χ3v) is 13.4. The average Bonchev–Trinajstić information content (AvgIpc) is 3.24. The van der Waals surface area contributed by atoms with E-state index >= 15 is 0 Å². The highest BCUT2D eigenvalue weighted by atomic mass is 31.2. The number of carbonyl (C=O) groups is 1. The Hall–Kier alpha value is -1.02. The number of rotatable bonds is 50. The van der Waals surface area contributed by atoms with Crippen molar-refractivity contribution >= 4 is 13.7 Å². The van der Waals surface area contributed by atoms with Crippen LogP contribution in [0.4, 0.5) is 0 Å². The molecule has 374 valence electrons. The summed E-state index contributed by atoms with van der Waals surface area (Å²) in [6.07, 6.45) is 56.5. The largest absolute Gasteiger partial charge is 0.472 e. The molecule has 0 spiro atoms. The van der Waals surface area contributed by atoms with E-state index in [4.69, 9.17) is 9.05 Å². The van der Waals surface area contributed by atoms with Crippen LogP contribution in [0.25, 0.3) is 0 Å². The van der Waals surface area contributed by atoms with Crippen LogP contribution in [0.2, 0.25) is 0 Å². The molecule has 0 saturated heterocycles. The van der Waals surface area contributed by atoms with E-state index in [1.165, 1.54) is 193 Å². The van der Waals surface area contributed by atoms with Crippen molar-refractivity contribution in [2.45, 2.75) is 276 Å². The second kappa shape index (κ2) is 46.1. The van der Waals surface area contributed by atoms with Gasteiger partial charge in [0.15, 0.2) is 0 Å². The lowest BCUT2D eigenvalue weighted by molar-refractivity contribution is -0.870. The summed E-state index contributed by atoms with van der Waals surface area (Å²) in [6, 6.07) is -0.761. The third kappa shape index (κ3) is 48.7. The first-order valence-corrected chi connectivity index (χ1v) is 28.7. The van der Waals surface area contributed by atoms with E-state index in [1.807, 2.05) is 21.1 Å². The number of carbonyl (C=O) groups excluding carboxylic acids is 1. The number of hydrogen-bond donors (Lipinski definition) is 3. The van der Waals surface area contributed by atoms with E-state index < -0.39 is 20.0 Å². The fraction of sp³-hybridized carbons (Fsp3) is 0.907. The normalized spacial score (nSPS) is 14.2. The molecule has 1 amide bonds. The van der Waals surface area contributed by atoms with E-state index in [9.17, 15) is 19.4 Å². The van der Waals surface area contributed by atoms with Gasteiger partial charge in [-0.25, -0.2) is 4.57 Å². The predicted molar refractivity (Wildman–Crippen MR) is 272 cm³/mol. The summed E-state index contributed by atoms with van der Waals surface area (Å²) in [6.45, 7) is 4.91. The quantitative estimate of drug-likeness (QED) is 0.0243. The summed E-state index contributed by atoms with van der Waals surface area (Å²) in [5.74, 6) is -0.146. The van der Waals surface area contributed by atoms with Gasteiger partial charge in [0, 0.05) is 6.42 Å². The molecule has 0 bridgehead atoms. The molecule has 0 aliphatic heterocycles. The maximum Gasteiger partial charge on any atom is 0.472 e. The maximum atomic E-state index is 13.0. The van der Waals surface area contributed by atoms with Gasteiger partial charge in [-0.15, -0.1) is 0 Å². The van der Waals surface area contributed by atoms with Gasteiger partial charge in [-0.2, -0.15) is 0 Å². The minimum Gasteiger partial charge on any atom is -0.391 e. The van der Waals surface area contributed by atoms with E-state index in [2.05, 4.69) is 43.5 Å². The zero-order chi connectivity index (χ0) is 46.4. The predicted octanol–water partition coefficient (Wildman–Crippen LogP) is 16.0. The molecule has 0 rings (SSSR count). The summed E-state index contributed by atoms with van der Waals surface area (Å²) < 4.78 is 23.7. The lowest BCUT2D eigenvalue weighted by Crippen LogP contribution is -2.46.